The van der Waals surface area contributed by atoms with Crippen LogP contribution in [0.2, 0.25) is 0 Å². The van der Waals surface area contributed by atoms with Crippen LogP contribution >= 0.6 is 24.0 Å². The summed E-state index contributed by atoms with van der Waals surface area (Å²) in [5, 5.41) is 6.55. The summed E-state index contributed by atoms with van der Waals surface area (Å²) >= 11 is 0. The van der Waals surface area contributed by atoms with Gasteiger partial charge in [0.25, 0.3) is 0 Å². The number of nitrogens with one attached hydrogen (secondary N) is 2. The lowest BCUT2D eigenvalue weighted by Gasteiger charge is -2.12. The van der Waals surface area contributed by atoms with Crippen LogP contribution in [-0.2, 0) is 12.8 Å². The van der Waals surface area contributed by atoms with Crippen molar-refractivity contribution in [1.29, 1.82) is 0 Å². The van der Waals surface area contributed by atoms with E-state index in [1.165, 1.54) is 17.7 Å². The third kappa shape index (κ3) is 7.72. The largest absolute Gasteiger partial charge is 0.497 e. The van der Waals surface area contributed by atoms with Crippen molar-refractivity contribution in [3.05, 3.63) is 65.5 Å². The lowest BCUT2D eigenvalue weighted by atomic mass is 10.1. The molecule has 0 bridgehead atoms. The van der Waals surface area contributed by atoms with Gasteiger partial charge in [0.05, 0.1) is 7.11 Å². The number of nitrogens with zero attached hydrogens (tertiary/aromatic N) is 1. The molecule has 0 saturated carbocycles. The fourth-order valence-corrected chi connectivity index (χ4v) is 2.35. The maximum Gasteiger partial charge on any atom is 0.190 e. The van der Waals surface area contributed by atoms with E-state index in [0.717, 1.165) is 43.2 Å². The Balaban J connectivity index is 0.00000312. The molecule has 2 aromatic rings. The highest BCUT2D eigenvalue weighted by Gasteiger charge is 2.00. The molecule has 2 rings (SSSR count). The van der Waals surface area contributed by atoms with E-state index in [4.69, 9.17) is 4.74 Å². The summed E-state index contributed by atoms with van der Waals surface area (Å²) in [5.74, 6) is 1.43. The fraction of sp³-hybridized carbons (Fsp3) is 0.316. The molecular weight excluding hydrogens is 432 g/mol. The van der Waals surface area contributed by atoms with Gasteiger partial charge in [-0.2, -0.15) is 0 Å². The molecule has 25 heavy (non-hydrogen) atoms. The van der Waals surface area contributed by atoms with Gasteiger partial charge in [0.15, 0.2) is 5.96 Å². The van der Waals surface area contributed by atoms with Crippen molar-refractivity contribution < 1.29 is 9.13 Å². The van der Waals surface area contributed by atoms with Crippen molar-refractivity contribution in [2.45, 2.75) is 12.8 Å². The Labute approximate surface area is 165 Å². The van der Waals surface area contributed by atoms with E-state index in [1.807, 2.05) is 18.2 Å². The lowest BCUT2D eigenvalue weighted by molar-refractivity contribution is 0.414. The van der Waals surface area contributed by atoms with Crippen LogP contribution in [-0.4, -0.2) is 33.2 Å². The van der Waals surface area contributed by atoms with Crippen molar-refractivity contribution in [3.8, 4) is 5.75 Å². The second kappa shape index (κ2) is 11.7. The molecule has 6 heteroatoms. The first-order valence-electron chi connectivity index (χ1n) is 8.03. The van der Waals surface area contributed by atoms with E-state index >= 15 is 0 Å². The summed E-state index contributed by atoms with van der Waals surface area (Å²) in [7, 11) is 3.42. The SMILES string of the molecule is CN=C(NCCc1ccc(F)cc1)NCCc1cccc(OC)c1.I. The molecule has 0 spiro atoms. The van der Waals surface area contributed by atoms with Gasteiger partial charge in [-0.1, -0.05) is 24.3 Å². The van der Waals surface area contributed by atoms with Gasteiger partial charge < -0.3 is 15.4 Å². The number of aliphatic imine (C=N–C) groups is 1. The Morgan fingerprint density at radius 1 is 1.00 bits per heavy atom. The highest BCUT2D eigenvalue weighted by Crippen LogP contribution is 2.12. The van der Waals surface area contributed by atoms with Gasteiger partial charge in [0, 0.05) is 20.1 Å². The number of halogens is 2. The molecule has 0 aliphatic heterocycles. The minimum atomic E-state index is -0.207. The summed E-state index contributed by atoms with van der Waals surface area (Å²) in [6.45, 7) is 1.52. The van der Waals surface area contributed by atoms with Gasteiger partial charge in [-0.05, 0) is 48.2 Å². The van der Waals surface area contributed by atoms with Crippen molar-refractivity contribution in [2.75, 3.05) is 27.2 Å². The zero-order valence-corrected chi connectivity index (χ0v) is 16.9. The number of hydrogen-bond donors (Lipinski definition) is 2. The molecule has 0 amide bonds. The van der Waals surface area contributed by atoms with Crippen LogP contribution in [0.3, 0.4) is 0 Å². The molecule has 0 saturated heterocycles. The Hall–Kier alpha value is -1.83. The maximum atomic E-state index is 12.9. The smallest absolute Gasteiger partial charge is 0.190 e. The average Bonchev–Trinajstić information content (AvgIpc) is 2.62. The van der Waals surface area contributed by atoms with Crippen molar-refractivity contribution in [1.82, 2.24) is 10.6 Å². The molecule has 0 heterocycles. The van der Waals surface area contributed by atoms with Crippen LogP contribution < -0.4 is 15.4 Å². The van der Waals surface area contributed by atoms with E-state index in [0.29, 0.717) is 0 Å². The van der Waals surface area contributed by atoms with Gasteiger partial charge in [0.1, 0.15) is 11.6 Å². The summed E-state index contributed by atoms with van der Waals surface area (Å²) in [4.78, 5) is 4.21. The molecule has 0 unspecified atom stereocenters. The predicted molar refractivity (Wildman–Crippen MR) is 112 cm³/mol. The van der Waals surface area contributed by atoms with Gasteiger partial charge in [-0.3, -0.25) is 4.99 Å². The van der Waals surface area contributed by atoms with Crippen LogP contribution in [0.4, 0.5) is 4.39 Å². The molecule has 0 aliphatic carbocycles. The number of guanidine groups is 1. The molecule has 0 radical (unpaired) electrons. The van der Waals surface area contributed by atoms with E-state index in [9.17, 15) is 4.39 Å². The molecule has 4 nitrogen and oxygen atoms in total. The number of ether oxygens (including phenoxy) is 1. The van der Waals surface area contributed by atoms with Crippen LogP contribution in [0.25, 0.3) is 0 Å². The monoisotopic (exact) mass is 457 g/mol. The maximum absolute atomic E-state index is 12.9. The Morgan fingerprint density at radius 2 is 1.64 bits per heavy atom. The quantitative estimate of drug-likeness (QED) is 0.381. The van der Waals surface area contributed by atoms with Gasteiger partial charge in [-0.15, -0.1) is 24.0 Å². The third-order valence-electron chi connectivity index (χ3n) is 3.68. The molecule has 0 aromatic heterocycles. The Bertz CT molecular complexity index is 662. The zero-order valence-electron chi connectivity index (χ0n) is 14.6. The number of hydrogen-bond acceptors (Lipinski definition) is 2. The lowest BCUT2D eigenvalue weighted by Crippen LogP contribution is -2.39. The zero-order chi connectivity index (χ0) is 17.2. The number of rotatable bonds is 7. The molecule has 0 atom stereocenters. The van der Waals surface area contributed by atoms with Crippen LogP contribution in [0, 0.1) is 5.82 Å². The third-order valence-corrected chi connectivity index (χ3v) is 3.68. The standard InChI is InChI=1S/C19H24FN3O.HI/c1-21-19(22-12-10-15-6-8-17(20)9-7-15)23-13-11-16-4-3-5-18(14-16)24-2;/h3-9,14H,10-13H2,1-2H3,(H2,21,22,23);1H. The fourth-order valence-electron chi connectivity index (χ4n) is 2.35. The second-order valence-electron chi connectivity index (χ2n) is 5.40. The minimum absolute atomic E-state index is 0. The Kier molecular flexibility index (Phi) is 9.91. The summed E-state index contributed by atoms with van der Waals surface area (Å²) < 4.78 is 18.1. The average molecular weight is 457 g/mol. The predicted octanol–water partition coefficient (Wildman–Crippen LogP) is 3.40. The van der Waals surface area contributed by atoms with E-state index in [2.05, 4.69) is 21.7 Å². The molecule has 2 N–H and O–H groups in total. The highest BCUT2D eigenvalue weighted by molar-refractivity contribution is 14.0. The second-order valence-corrected chi connectivity index (χ2v) is 5.40. The van der Waals surface area contributed by atoms with Crippen LogP contribution in [0.5, 0.6) is 5.75 Å². The number of methoxy groups -OCH3 is 1. The minimum Gasteiger partial charge on any atom is -0.497 e. The Morgan fingerprint density at radius 3 is 2.24 bits per heavy atom. The summed E-state index contributed by atoms with van der Waals surface area (Å²) in [5.41, 5.74) is 2.30. The van der Waals surface area contributed by atoms with Crippen LogP contribution in [0.1, 0.15) is 11.1 Å². The molecular formula is C19H25FIN3O. The van der Waals surface area contributed by atoms with Crippen molar-refractivity contribution in [2.24, 2.45) is 4.99 Å². The number of benzene rings is 2. The van der Waals surface area contributed by atoms with Crippen molar-refractivity contribution in [3.63, 3.8) is 0 Å². The van der Waals surface area contributed by atoms with E-state index < -0.39 is 0 Å². The van der Waals surface area contributed by atoms with Gasteiger partial charge in [-0.25, -0.2) is 4.39 Å². The van der Waals surface area contributed by atoms with Gasteiger partial charge >= 0.3 is 0 Å². The molecule has 2 aromatic carbocycles. The normalized spacial score (nSPS) is 10.8. The van der Waals surface area contributed by atoms with Gasteiger partial charge in [0.2, 0.25) is 0 Å². The van der Waals surface area contributed by atoms with E-state index in [1.54, 1.807) is 26.3 Å². The van der Waals surface area contributed by atoms with Crippen molar-refractivity contribution >= 4 is 29.9 Å². The molecule has 0 fully saturated rings. The highest BCUT2D eigenvalue weighted by atomic mass is 127. The first kappa shape index (κ1) is 21.2. The van der Waals surface area contributed by atoms with Crippen LogP contribution in [0.15, 0.2) is 53.5 Å². The molecule has 136 valence electrons. The topological polar surface area (TPSA) is 45.7 Å². The summed E-state index contributed by atoms with van der Waals surface area (Å²) in [6, 6.07) is 14.6. The first-order valence-corrected chi connectivity index (χ1v) is 8.03. The summed E-state index contributed by atoms with van der Waals surface area (Å²) in [6.07, 6.45) is 1.70. The van der Waals surface area contributed by atoms with E-state index in [-0.39, 0.29) is 29.8 Å². The first-order chi connectivity index (χ1) is 11.7. The molecule has 0 aliphatic rings.